The maximum Gasteiger partial charge on any atom is 0.0474 e. The lowest BCUT2D eigenvalue weighted by atomic mass is 9.83. The molecule has 100 valence electrons. The Morgan fingerprint density at radius 2 is 1.94 bits per heavy atom. The van der Waals surface area contributed by atoms with Gasteiger partial charge in [0.25, 0.3) is 0 Å². The molecule has 0 saturated heterocycles. The van der Waals surface area contributed by atoms with Crippen LogP contribution < -0.4 is 11.1 Å². The molecule has 1 saturated carbocycles. The molecule has 2 nitrogen and oxygen atoms in total. The predicted molar refractivity (Wildman–Crippen MR) is 78.2 cm³/mol. The lowest BCUT2D eigenvalue weighted by Gasteiger charge is -2.27. The smallest absolute Gasteiger partial charge is 0.0474 e. The van der Waals surface area contributed by atoms with Crippen molar-refractivity contribution in [3.63, 3.8) is 0 Å². The fourth-order valence-electron chi connectivity index (χ4n) is 2.39. The minimum absolute atomic E-state index is 0.0475. The summed E-state index contributed by atoms with van der Waals surface area (Å²) in [6.07, 6.45) is 5.36. The summed E-state index contributed by atoms with van der Waals surface area (Å²) in [6.45, 7) is 1.49. The van der Waals surface area contributed by atoms with Crippen LogP contribution in [0.5, 0.6) is 0 Å². The van der Waals surface area contributed by atoms with Crippen molar-refractivity contribution in [2.75, 3.05) is 13.1 Å². The fraction of sp³-hybridized carbons (Fsp3) is 0.571. The van der Waals surface area contributed by atoms with Gasteiger partial charge in [0.2, 0.25) is 0 Å². The molecule has 1 aliphatic rings. The average Bonchev–Trinajstić information content (AvgIpc) is 2.29. The van der Waals surface area contributed by atoms with Gasteiger partial charge in [-0.15, -0.1) is 0 Å². The summed E-state index contributed by atoms with van der Waals surface area (Å²) in [6, 6.07) is 5.63. The largest absolute Gasteiger partial charge is 0.329 e. The van der Waals surface area contributed by atoms with Gasteiger partial charge in [0.15, 0.2) is 0 Å². The van der Waals surface area contributed by atoms with E-state index in [9.17, 15) is 0 Å². The maximum atomic E-state index is 6.20. The van der Waals surface area contributed by atoms with Crippen molar-refractivity contribution in [2.45, 2.75) is 31.7 Å². The molecule has 1 fully saturated rings. The summed E-state index contributed by atoms with van der Waals surface area (Å²) >= 11 is 12.4. The Labute approximate surface area is 119 Å². The highest BCUT2D eigenvalue weighted by Crippen LogP contribution is 2.31. The molecule has 3 N–H and O–H groups in total. The molecule has 0 aliphatic heterocycles. The van der Waals surface area contributed by atoms with E-state index >= 15 is 0 Å². The zero-order valence-electron chi connectivity index (χ0n) is 10.5. The summed E-state index contributed by atoms with van der Waals surface area (Å²) < 4.78 is 0. The van der Waals surface area contributed by atoms with Gasteiger partial charge < -0.3 is 11.1 Å². The van der Waals surface area contributed by atoms with Gasteiger partial charge in [0, 0.05) is 28.2 Å². The molecule has 0 spiro atoms. The molecule has 18 heavy (non-hydrogen) atoms. The van der Waals surface area contributed by atoms with E-state index in [1.165, 1.54) is 25.7 Å². The molecular formula is C14H20Cl2N2. The highest BCUT2D eigenvalue weighted by molar-refractivity contribution is 6.36. The van der Waals surface area contributed by atoms with Crippen LogP contribution >= 0.6 is 23.2 Å². The van der Waals surface area contributed by atoms with Crippen LogP contribution in [0.4, 0.5) is 0 Å². The number of hydrogen-bond acceptors (Lipinski definition) is 2. The summed E-state index contributed by atoms with van der Waals surface area (Å²) in [7, 11) is 0. The highest BCUT2D eigenvalue weighted by atomic mass is 35.5. The van der Waals surface area contributed by atoms with E-state index in [2.05, 4.69) is 5.32 Å². The number of hydrogen-bond donors (Lipinski definition) is 2. The topological polar surface area (TPSA) is 38.0 Å². The molecule has 0 radical (unpaired) electrons. The van der Waals surface area contributed by atoms with Crippen LogP contribution in [0.1, 0.15) is 37.3 Å². The first-order valence-electron chi connectivity index (χ1n) is 6.59. The molecule has 0 amide bonds. The third-order valence-electron chi connectivity index (χ3n) is 3.75. The normalized spacial score (nSPS) is 17.5. The monoisotopic (exact) mass is 286 g/mol. The number of benzene rings is 1. The Morgan fingerprint density at radius 1 is 1.28 bits per heavy atom. The lowest BCUT2D eigenvalue weighted by molar-refractivity contribution is 0.288. The van der Waals surface area contributed by atoms with Crippen LogP contribution in [0.25, 0.3) is 0 Å². The minimum atomic E-state index is 0.0475. The third-order valence-corrected chi connectivity index (χ3v) is 4.41. The van der Waals surface area contributed by atoms with Crippen molar-refractivity contribution in [3.8, 4) is 0 Å². The standard InChI is InChI=1S/C14H20Cl2N2/c15-11-5-2-6-12(16)14(11)13(9-17)18-8-7-10-3-1-4-10/h2,5-6,10,13,18H,1,3-4,7-9,17H2. The first kappa shape index (κ1) is 14.1. The Balaban J connectivity index is 1.94. The molecule has 1 unspecified atom stereocenters. The Hall–Kier alpha value is -0.280. The van der Waals surface area contributed by atoms with Crippen LogP contribution in [0.15, 0.2) is 18.2 Å². The molecular weight excluding hydrogens is 267 g/mol. The molecule has 2 rings (SSSR count). The molecule has 1 aromatic carbocycles. The summed E-state index contributed by atoms with van der Waals surface area (Å²) in [5, 5.41) is 4.85. The van der Waals surface area contributed by atoms with Crippen molar-refractivity contribution in [1.29, 1.82) is 0 Å². The van der Waals surface area contributed by atoms with E-state index in [0.29, 0.717) is 16.6 Å². The third kappa shape index (κ3) is 3.39. The number of halogens is 2. The molecule has 0 heterocycles. The number of nitrogens with one attached hydrogen (secondary N) is 1. The van der Waals surface area contributed by atoms with E-state index in [-0.39, 0.29) is 6.04 Å². The Kier molecular flexibility index (Phi) is 5.31. The van der Waals surface area contributed by atoms with Crippen LogP contribution in [0.3, 0.4) is 0 Å². The molecule has 1 atom stereocenters. The number of rotatable bonds is 6. The van der Waals surface area contributed by atoms with Crippen LogP contribution in [0.2, 0.25) is 10.0 Å². The van der Waals surface area contributed by atoms with Crippen LogP contribution in [-0.2, 0) is 0 Å². The molecule has 0 aromatic heterocycles. The second-order valence-corrected chi connectivity index (χ2v) is 5.78. The van der Waals surface area contributed by atoms with Crippen molar-refractivity contribution in [3.05, 3.63) is 33.8 Å². The van der Waals surface area contributed by atoms with Gasteiger partial charge in [-0.3, -0.25) is 0 Å². The molecule has 4 heteroatoms. The maximum absolute atomic E-state index is 6.20. The van der Waals surface area contributed by atoms with E-state index in [4.69, 9.17) is 28.9 Å². The van der Waals surface area contributed by atoms with E-state index in [1.807, 2.05) is 18.2 Å². The van der Waals surface area contributed by atoms with Crippen LogP contribution in [-0.4, -0.2) is 13.1 Å². The first-order valence-corrected chi connectivity index (χ1v) is 7.35. The lowest BCUT2D eigenvalue weighted by Crippen LogP contribution is -2.31. The van der Waals surface area contributed by atoms with Gasteiger partial charge in [-0.05, 0) is 31.0 Å². The summed E-state index contributed by atoms with van der Waals surface area (Å²) in [5.41, 5.74) is 6.75. The van der Waals surface area contributed by atoms with Crippen molar-refractivity contribution < 1.29 is 0 Å². The summed E-state index contributed by atoms with van der Waals surface area (Å²) in [5.74, 6) is 0.901. The Bertz CT molecular complexity index is 371. The Morgan fingerprint density at radius 3 is 2.44 bits per heavy atom. The number of nitrogens with two attached hydrogens (primary N) is 1. The highest BCUT2D eigenvalue weighted by Gasteiger charge is 2.19. The zero-order chi connectivity index (χ0) is 13.0. The molecule has 1 aromatic rings. The van der Waals surface area contributed by atoms with Gasteiger partial charge in [-0.1, -0.05) is 48.5 Å². The predicted octanol–water partition coefficient (Wildman–Crippen LogP) is 3.77. The fourth-order valence-corrected chi connectivity index (χ4v) is 3.05. The second kappa shape index (κ2) is 6.76. The zero-order valence-corrected chi connectivity index (χ0v) is 12.0. The van der Waals surface area contributed by atoms with Crippen LogP contribution in [0, 0.1) is 5.92 Å². The van der Waals surface area contributed by atoms with Crippen molar-refractivity contribution in [2.24, 2.45) is 11.7 Å². The first-order chi connectivity index (χ1) is 8.72. The quantitative estimate of drug-likeness (QED) is 0.835. The van der Waals surface area contributed by atoms with Gasteiger partial charge in [0.1, 0.15) is 0 Å². The van der Waals surface area contributed by atoms with Gasteiger partial charge in [0.05, 0.1) is 0 Å². The molecule has 1 aliphatic carbocycles. The van der Waals surface area contributed by atoms with Crippen molar-refractivity contribution >= 4 is 23.2 Å². The SMILES string of the molecule is NCC(NCCC1CCC1)c1c(Cl)cccc1Cl. The van der Waals surface area contributed by atoms with Gasteiger partial charge in [-0.2, -0.15) is 0 Å². The summed E-state index contributed by atoms with van der Waals surface area (Å²) in [4.78, 5) is 0. The van der Waals surface area contributed by atoms with E-state index in [1.54, 1.807) is 0 Å². The van der Waals surface area contributed by atoms with E-state index < -0.39 is 0 Å². The van der Waals surface area contributed by atoms with E-state index in [0.717, 1.165) is 18.0 Å². The van der Waals surface area contributed by atoms with Crippen molar-refractivity contribution in [1.82, 2.24) is 5.32 Å². The van der Waals surface area contributed by atoms with Gasteiger partial charge in [-0.25, -0.2) is 0 Å². The average molecular weight is 287 g/mol. The van der Waals surface area contributed by atoms with Gasteiger partial charge >= 0.3 is 0 Å². The molecule has 0 bridgehead atoms. The second-order valence-electron chi connectivity index (χ2n) is 4.96. The minimum Gasteiger partial charge on any atom is -0.329 e.